The second-order valence-corrected chi connectivity index (χ2v) is 6.03. The number of benzene rings is 2. The number of nitrogens with zero attached hydrogens (tertiary/aromatic N) is 2. The zero-order valence-electron chi connectivity index (χ0n) is 13.0. The molecule has 1 atom stereocenters. The summed E-state index contributed by atoms with van der Waals surface area (Å²) in [5.74, 6) is 0.136. The highest BCUT2D eigenvalue weighted by Gasteiger charge is 2.18. The zero-order chi connectivity index (χ0) is 16.9. The Morgan fingerprint density at radius 3 is 2.42 bits per heavy atom. The predicted octanol–water partition coefficient (Wildman–Crippen LogP) is 4.04. The van der Waals surface area contributed by atoms with Gasteiger partial charge < -0.3 is 10.1 Å². The maximum absolute atomic E-state index is 12.2. The highest BCUT2D eigenvalue weighted by atomic mass is 79.9. The van der Waals surface area contributed by atoms with E-state index in [0.29, 0.717) is 10.4 Å². The van der Waals surface area contributed by atoms with E-state index < -0.39 is 6.10 Å². The number of aromatic nitrogens is 2. The number of anilines is 1. The van der Waals surface area contributed by atoms with Gasteiger partial charge in [0.05, 0.1) is 10.2 Å². The first-order valence-corrected chi connectivity index (χ1v) is 8.26. The molecule has 0 saturated heterocycles. The lowest BCUT2D eigenvalue weighted by molar-refractivity contribution is -0.122. The molecule has 0 aliphatic rings. The van der Waals surface area contributed by atoms with E-state index in [-0.39, 0.29) is 5.91 Å². The monoisotopic (exact) mass is 385 g/mol. The molecule has 0 bridgehead atoms. The average Bonchev–Trinajstić information content (AvgIpc) is 2.97. The van der Waals surface area contributed by atoms with Crippen LogP contribution in [0.2, 0.25) is 0 Å². The molecule has 0 radical (unpaired) electrons. The lowest BCUT2D eigenvalue weighted by Crippen LogP contribution is -2.30. The number of hydrogen-bond donors (Lipinski definition) is 1. The first-order chi connectivity index (χ1) is 11.6. The van der Waals surface area contributed by atoms with Gasteiger partial charge in [-0.3, -0.25) is 4.79 Å². The fourth-order valence-corrected chi connectivity index (χ4v) is 2.48. The molecule has 3 rings (SSSR count). The molecule has 0 aliphatic carbocycles. The maximum atomic E-state index is 12.2. The molecule has 0 saturated carbocycles. The summed E-state index contributed by atoms with van der Waals surface area (Å²) in [6, 6.07) is 18.9. The average molecular weight is 386 g/mol. The molecule has 1 unspecified atom stereocenters. The van der Waals surface area contributed by atoms with E-state index in [1.54, 1.807) is 17.8 Å². The number of nitrogens with one attached hydrogen (secondary N) is 1. The van der Waals surface area contributed by atoms with Crippen LogP contribution >= 0.6 is 15.9 Å². The molecular weight excluding hydrogens is 370 g/mol. The molecule has 0 spiro atoms. The van der Waals surface area contributed by atoms with E-state index in [2.05, 4.69) is 26.3 Å². The van der Waals surface area contributed by atoms with E-state index in [4.69, 9.17) is 4.74 Å². The van der Waals surface area contributed by atoms with Gasteiger partial charge in [0.25, 0.3) is 5.91 Å². The summed E-state index contributed by atoms with van der Waals surface area (Å²) in [6.45, 7) is 1.69. The van der Waals surface area contributed by atoms with E-state index >= 15 is 0 Å². The molecule has 5 nitrogen and oxygen atoms in total. The van der Waals surface area contributed by atoms with Crippen LogP contribution in [0.4, 0.5) is 5.69 Å². The normalized spacial score (nSPS) is 11.8. The fourth-order valence-electron chi connectivity index (χ4n) is 2.12. The molecule has 1 heterocycles. The number of amides is 1. The van der Waals surface area contributed by atoms with Gasteiger partial charge in [-0.25, -0.2) is 4.68 Å². The molecule has 0 fully saturated rings. The van der Waals surface area contributed by atoms with Gasteiger partial charge in [0.2, 0.25) is 5.88 Å². The number of para-hydroxylation sites is 2. The number of carbonyl (C=O) groups is 1. The molecule has 122 valence electrons. The second kappa shape index (κ2) is 7.31. The van der Waals surface area contributed by atoms with Crippen LogP contribution in [0.1, 0.15) is 6.92 Å². The molecule has 1 amide bonds. The Hall–Kier alpha value is -2.60. The quantitative estimate of drug-likeness (QED) is 0.720. The maximum Gasteiger partial charge on any atom is 0.265 e. The number of ether oxygens (including phenoxy) is 1. The lowest BCUT2D eigenvalue weighted by atomic mass is 10.3. The van der Waals surface area contributed by atoms with Crippen molar-refractivity contribution in [3.8, 4) is 11.6 Å². The van der Waals surface area contributed by atoms with Crippen molar-refractivity contribution < 1.29 is 9.53 Å². The van der Waals surface area contributed by atoms with Gasteiger partial charge >= 0.3 is 0 Å². The zero-order valence-corrected chi connectivity index (χ0v) is 14.6. The van der Waals surface area contributed by atoms with E-state index in [9.17, 15) is 4.79 Å². The number of hydrogen-bond acceptors (Lipinski definition) is 3. The van der Waals surface area contributed by atoms with Crippen LogP contribution in [-0.4, -0.2) is 21.8 Å². The number of carbonyl (C=O) groups excluding carboxylic acids is 1. The van der Waals surface area contributed by atoms with Gasteiger partial charge in [-0.1, -0.05) is 36.4 Å². The Balaban J connectivity index is 1.69. The lowest BCUT2D eigenvalue weighted by Gasteiger charge is -2.13. The van der Waals surface area contributed by atoms with E-state index in [1.165, 1.54) is 0 Å². The molecule has 1 aromatic heterocycles. The van der Waals surface area contributed by atoms with Crippen LogP contribution in [0, 0.1) is 0 Å². The third kappa shape index (κ3) is 3.83. The third-order valence-corrected chi connectivity index (χ3v) is 3.90. The Labute approximate surface area is 148 Å². The molecule has 6 heteroatoms. The second-order valence-electron chi connectivity index (χ2n) is 5.18. The van der Waals surface area contributed by atoms with E-state index in [0.717, 1.165) is 11.4 Å². The summed E-state index contributed by atoms with van der Waals surface area (Å²) in [5, 5.41) is 7.18. The summed E-state index contributed by atoms with van der Waals surface area (Å²) in [7, 11) is 0. The third-order valence-electron chi connectivity index (χ3n) is 3.36. The smallest absolute Gasteiger partial charge is 0.265 e. The Morgan fingerprint density at radius 2 is 1.75 bits per heavy atom. The standard InChI is InChI=1S/C18H16BrN3O2/c1-13(17(23)20-14-8-4-2-5-9-14)24-18-16(19)12-22(21-18)15-10-6-3-7-11-15/h2-13H,1H3,(H,20,23). The van der Waals surface area contributed by atoms with Gasteiger partial charge in [-0.2, -0.15) is 0 Å². The molecular formula is C18H16BrN3O2. The van der Waals surface area contributed by atoms with Crippen LogP contribution in [-0.2, 0) is 4.79 Å². The molecule has 1 N–H and O–H groups in total. The van der Waals surface area contributed by atoms with Crippen molar-refractivity contribution in [3.63, 3.8) is 0 Å². The van der Waals surface area contributed by atoms with Crippen molar-refractivity contribution in [2.45, 2.75) is 13.0 Å². The van der Waals surface area contributed by atoms with E-state index in [1.807, 2.05) is 60.7 Å². The molecule has 3 aromatic rings. The first-order valence-electron chi connectivity index (χ1n) is 7.46. The Kier molecular flexibility index (Phi) is 4.96. The van der Waals surface area contributed by atoms with Crippen LogP contribution in [0.15, 0.2) is 71.3 Å². The fraction of sp³-hybridized carbons (Fsp3) is 0.111. The summed E-state index contributed by atoms with van der Waals surface area (Å²) in [4.78, 5) is 12.2. The molecule has 2 aromatic carbocycles. The largest absolute Gasteiger partial charge is 0.463 e. The van der Waals surface area contributed by atoms with Gasteiger partial charge in [0.1, 0.15) is 0 Å². The van der Waals surface area contributed by atoms with Gasteiger partial charge in [0, 0.05) is 11.9 Å². The van der Waals surface area contributed by atoms with Crippen molar-refractivity contribution in [2.75, 3.05) is 5.32 Å². The van der Waals surface area contributed by atoms with Gasteiger partial charge in [-0.15, -0.1) is 5.10 Å². The minimum Gasteiger partial charge on any atom is -0.463 e. The number of halogens is 1. The first kappa shape index (κ1) is 16.3. The van der Waals surface area contributed by atoms with Crippen molar-refractivity contribution in [1.82, 2.24) is 9.78 Å². The van der Waals surface area contributed by atoms with Gasteiger partial charge in [-0.05, 0) is 47.1 Å². The van der Waals surface area contributed by atoms with Crippen molar-refractivity contribution in [3.05, 3.63) is 71.3 Å². The molecule has 24 heavy (non-hydrogen) atoms. The Morgan fingerprint density at radius 1 is 1.12 bits per heavy atom. The summed E-state index contributed by atoms with van der Waals surface area (Å²) in [5.41, 5.74) is 1.64. The number of rotatable bonds is 5. The van der Waals surface area contributed by atoms with Crippen molar-refractivity contribution in [1.29, 1.82) is 0 Å². The van der Waals surface area contributed by atoms with Crippen molar-refractivity contribution in [2.24, 2.45) is 0 Å². The molecule has 0 aliphatic heterocycles. The predicted molar refractivity (Wildman–Crippen MR) is 96.4 cm³/mol. The highest BCUT2D eigenvalue weighted by molar-refractivity contribution is 9.10. The Bertz CT molecular complexity index is 819. The SMILES string of the molecule is CC(Oc1nn(-c2ccccc2)cc1Br)C(=O)Nc1ccccc1. The van der Waals surface area contributed by atoms with Crippen LogP contribution in [0.25, 0.3) is 5.69 Å². The minimum absolute atomic E-state index is 0.234. The topological polar surface area (TPSA) is 56.2 Å². The highest BCUT2D eigenvalue weighted by Crippen LogP contribution is 2.25. The van der Waals surface area contributed by atoms with Crippen LogP contribution in [0.3, 0.4) is 0 Å². The van der Waals surface area contributed by atoms with Gasteiger partial charge in [0.15, 0.2) is 6.10 Å². The van der Waals surface area contributed by atoms with Crippen molar-refractivity contribution >= 4 is 27.5 Å². The van der Waals surface area contributed by atoms with Crippen LogP contribution < -0.4 is 10.1 Å². The minimum atomic E-state index is -0.680. The summed E-state index contributed by atoms with van der Waals surface area (Å²) in [6.07, 6.45) is 1.12. The summed E-state index contributed by atoms with van der Waals surface area (Å²) >= 11 is 3.42. The summed E-state index contributed by atoms with van der Waals surface area (Å²) < 4.78 is 8.07. The van der Waals surface area contributed by atoms with Crippen LogP contribution in [0.5, 0.6) is 5.88 Å².